The van der Waals surface area contributed by atoms with Gasteiger partial charge < -0.3 is 9.64 Å². The number of hydrogen-bond acceptors (Lipinski definition) is 7. The molecule has 2 aliphatic heterocycles. The summed E-state index contributed by atoms with van der Waals surface area (Å²) in [6.45, 7) is 9.39. The Labute approximate surface area is 193 Å². The third-order valence-electron chi connectivity index (χ3n) is 6.15. The van der Waals surface area contributed by atoms with E-state index in [1.165, 1.54) is 17.1 Å². The number of morpholine rings is 1. The second-order valence-corrected chi connectivity index (χ2v) is 8.18. The molecule has 2 aliphatic rings. The monoisotopic (exact) mass is 466 g/mol. The van der Waals surface area contributed by atoms with Crippen LogP contribution in [0.3, 0.4) is 0 Å². The fourth-order valence-corrected chi connectivity index (χ4v) is 4.32. The normalized spacial score (nSPS) is 20.6. The van der Waals surface area contributed by atoms with Gasteiger partial charge in [-0.15, -0.1) is 5.10 Å². The number of carbonyl (C=O) groups excluding carboxylic acids is 1. The Morgan fingerprint density at radius 1 is 1.21 bits per heavy atom. The highest BCUT2D eigenvalue weighted by Gasteiger charge is 2.36. The lowest BCUT2D eigenvalue weighted by Gasteiger charge is -2.46. The Morgan fingerprint density at radius 3 is 2.82 bits per heavy atom. The van der Waals surface area contributed by atoms with Gasteiger partial charge >= 0.3 is 0 Å². The molecule has 2 aromatic heterocycles. The quantitative estimate of drug-likeness (QED) is 0.541. The molecule has 10 nitrogen and oxygen atoms in total. The second kappa shape index (κ2) is 9.20. The Balaban J connectivity index is 1.19. The number of hydrogen-bond donors (Lipinski definition) is 0. The Hall–Kier alpha value is -3.82. The lowest BCUT2D eigenvalue weighted by atomic mass is 10.0. The fourth-order valence-electron chi connectivity index (χ4n) is 4.32. The lowest BCUT2D eigenvalue weighted by molar-refractivity contribution is -0.139. The van der Waals surface area contributed by atoms with Gasteiger partial charge in [-0.2, -0.15) is 4.68 Å². The minimum Gasteiger partial charge on any atom is -0.370 e. The summed E-state index contributed by atoms with van der Waals surface area (Å²) >= 11 is 0. The summed E-state index contributed by atoms with van der Waals surface area (Å²) in [6, 6.07) is 5.99. The van der Waals surface area contributed by atoms with Crippen molar-refractivity contribution in [2.75, 3.05) is 32.8 Å². The molecule has 0 unspecified atom stereocenters. The maximum Gasteiger partial charge on any atom is 0.257 e. The van der Waals surface area contributed by atoms with Crippen LogP contribution in [0.4, 0.5) is 14.5 Å². The smallest absolute Gasteiger partial charge is 0.257 e. The van der Waals surface area contributed by atoms with E-state index >= 15 is 0 Å². The molecule has 0 spiro atoms. The van der Waals surface area contributed by atoms with Crippen LogP contribution in [-0.2, 0) is 16.0 Å². The zero-order valence-electron chi connectivity index (χ0n) is 18.0. The molecular formula is C22H20F2N8O2. The molecule has 12 heteroatoms. The van der Waals surface area contributed by atoms with E-state index in [1.54, 1.807) is 17.2 Å². The van der Waals surface area contributed by atoms with Crippen LogP contribution < -0.4 is 0 Å². The molecule has 0 saturated carbocycles. The molecule has 2 atom stereocenters. The molecule has 0 radical (unpaired) electrons. The zero-order valence-corrected chi connectivity index (χ0v) is 18.0. The number of aromatic nitrogens is 5. The Morgan fingerprint density at radius 2 is 2.09 bits per heavy atom. The molecule has 2 fully saturated rings. The number of halogens is 2. The first-order valence-electron chi connectivity index (χ1n) is 10.7. The third-order valence-corrected chi connectivity index (χ3v) is 6.15. The standard InChI is InChI=1S/C22H20F2N8O2/c1-25-22-17(23)4-3-16(21(22)24)18-11-30-6-7-31(10-15(30)12-34-18)20(33)8-14-2-5-19(26-9-14)32-13-27-28-29-32/h2-5,9,13,15,18H,6-8,10-12H2/t15-,18-/m0/s1. The maximum atomic E-state index is 14.6. The fraction of sp³-hybridized carbons (Fsp3) is 0.364. The van der Waals surface area contributed by atoms with E-state index in [0.29, 0.717) is 38.6 Å². The molecule has 1 amide bonds. The molecule has 1 aromatic carbocycles. The zero-order chi connectivity index (χ0) is 23.7. The number of fused-ring (bicyclic) bond motifs is 1. The van der Waals surface area contributed by atoms with Crippen molar-refractivity contribution in [3.63, 3.8) is 0 Å². The number of piperazine rings is 1. The summed E-state index contributed by atoms with van der Waals surface area (Å²) in [4.78, 5) is 24.1. The van der Waals surface area contributed by atoms with E-state index in [-0.39, 0.29) is 23.9 Å². The van der Waals surface area contributed by atoms with Crippen molar-refractivity contribution < 1.29 is 18.3 Å². The number of pyridine rings is 1. The number of amides is 1. The molecule has 0 N–H and O–H groups in total. The highest BCUT2D eigenvalue weighted by Crippen LogP contribution is 2.33. The van der Waals surface area contributed by atoms with Gasteiger partial charge in [-0.25, -0.2) is 18.6 Å². The molecule has 0 aliphatic carbocycles. The highest BCUT2D eigenvalue weighted by atomic mass is 19.1. The number of benzene rings is 1. The highest BCUT2D eigenvalue weighted by molar-refractivity contribution is 5.79. The first-order chi connectivity index (χ1) is 16.5. The predicted octanol–water partition coefficient (Wildman–Crippen LogP) is 1.71. The average Bonchev–Trinajstić information content (AvgIpc) is 3.39. The van der Waals surface area contributed by atoms with Gasteiger partial charge in [0.25, 0.3) is 5.69 Å². The van der Waals surface area contributed by atoms with Crippen molar-refractivity contribution in [1.82, 2.24) is 35.0 Å². The summed E-state index contributed by atoms with van der Waals surface area (Å²) < 4.78 is 35.6. The second-order valence-electron chi connectivity index (χ2n) is 8.18. The van der Waals surface area contributed by atoms with Crippen LogP contribution >= 0.6 is 0 Å². The van der Waals surface area contributed by atoms with Crippen molar-refractivity contribution in [3.8, 4) is 5.82 Å². The molecular weight excluding hydrogens is 446 g/mol. The van der Waals surface area contributed by atoms with E-state index in [4.69, 9.17) is 11.3 Å². The van der Waals surface area contributed by atoms with E-state index in [2.05, 4.69) is 30.3 Å². The van der Waals surface area contributed by atoms with E-state index in [1.807, 2.05) is 6.07 Å². The summed E-state index contributed by atoms with van der Waals surface area (Å²) in [5, 5.41) is 10.9. The first kappa shape index (κ1) is 22.0. The number of ether oxygens (including phenoxy) is 1. The van der Waals surface area contributed by atoms with Gasteiger partial charge in [0.05, 0.1) is 31.7 Å². The van der Waals surface area contributed by atoms with Crippen molar-refractivity contribution in [3.05, 3.63) is 71.0 Å². The predicted molar refractivity (Wildman–Crippen MR) is 114 cm³/mol. The van der Waals surface area contributed by atoms with E-state index < -0.39 is 23.4 Å². The van der Waals surface area contributed by atoms with Crippen molar-refractivity contribution >= 4 is 11.6 Å². The molecule has 0 bridgehead atoms. The number of nitrogens with zero attached hydrogens (tertiary/aromatic N) is 8. The Kier molecular flexibility index (Phi) is 5.95. The van der Waals surface area contributed by atoms with Gasteiger partial charge in [0, 0.05) is 37.9 Å². The van der Waals surface area contributed by atoms with Gasteiger partial charge in [-0.3, -0.25) is 9.69 Å². The Bertz CT molecular complexity index is 1230. The molecule has 174 valence electrons. The van der Waals surface area contributed by atoms with Crippen LogP contribution in [0, 0.1) is 18.2 Å². The van der Waals surface area contributed by atoms with E-state index in [9.17, 15) is 13.6 Å². The number of carbonyl (C=O) groups is 1. The van der Waals surface area contributed by atoms with Crippen molar-refractivity contribution in [2.24, 2.45) is 0 Å². The molecule has 2 saturated heterocycles. The minimum atomic E-state index is -0.877. The maximum absolute atomic E-state index is 14.6. The molecule has 5 rings (SSSR count). The minimum absolute atomic E-state index is 0.00924. The number of rotatable bonds is 4. The SMILES string of the molecule is [C-]#[N+]c1c(F)ccc([C@@H]2CN3CCN(C(=O)Cc4ccc(-n5cnnn5)nc4)C[C@H]3CO2)c1F. The lowest BCUT2D eigenvalue weighted by Crippen LogP contribution is -2.59. The van der Waals surface area contributed by atoms with Gasteiger partial charge in [0.1, 0.15) is 18.0 Å². The largest absolute Gasteiger partial charge is 0.370 e. The van der Waals surface area contributed by atoms with Crippen LogP contribution in [0.5, 0.6) is 0 Å². The van der Waals surface area contributed by atoms with Crippen LogP contribution in [0.2, 0.25) is 0 Å². The van der Waals surface area contributed by atoms with Crippen molar-refractivity contribution in [2.45, 2.75) is 18.6 Å². The first-order valence-corrected chi connectivity index (χ1v) is 10.7. The van der Waals surface area contributed by atoms with Crippen LogP contribution in [-0.4, -0.2) is 79.7 Å². The van der Waals surface area contributed by atoms with Crippen molar-refractivity contribution in [1.29, 1.82) is 0 Å². The van der Waals surface area contributed by atoms with Crippen LogP contribution in [0.1, 0.15) is 17.2 Å². The summed E-state index contributed by atoms with van der Waals surface area (Å²) in [5.74, 6) is -1.20. The molecule has 4 heterocycles. The summed E-state index contributed by atoms with van der Waals surface area (Å²) in [6.07, 6.45) is 2.70. The third kappa shape index (κ3) is 4.23. The van der Waals surface area contributed by atoms with Gasteiger partial charge in [-0.1, -0.05) is 12.1 Å². The van der Waals surface area contributed by atoms with Crippen LogP contribution in [0.15, 0.2) is 36.8 Å². The van der Waals surface area contributed by atoms with Crippen LogP contribution in [0.25, 0.3) is 10.7 Å². The average molecular weight is 466 g/mol. The van der Waals surface area contributed by atoms with Gasteiger partial charge in [0.15, 0.2) is 5.82 Å². The summed E-state index contributed by atoms with van der Waals surface area (Å²) in [7, 11) is 0. The molecule has 3 aromatic rings. The summed E-state index contributed by atoms with van der Waals surface area (Å²) in [5.41, 5.74) is 0.354. The topological polar surface area (TPSA) is 93.6 Å². The molecule has 34 heavy (non-hydrogen) atoms. The van der Waals surface area contributed by atoms with Gasteiger partial charge in [-0.05, 0) is 28.1 Å². The van der Waals surface area contributed by atoms with Gasteiger partial charge in [0.2, 0.25) is 5.91 Å². The number of tetrazole rings is 1. The van der Waals surface area contributed by atoms with E-state index in [0.717, 1.165) is 11.6 Å².